The van der Waals surface area contributed by atoms with Crippen LogP contribution in [0.4, 0.5) is 10.3 Å². The monoisotopic (exact) mass is 353 g/mol. The summed E-state index contributed by atoms with van der Waals surface area (Å²) in [4.78, 5) is 20.9. The van der Waals surface area contributed by atoms with Crippen LogP contribution < -0.4 is 4.81 Å². The van der Waals surface area contributed by atoms with Crippen molar-refractivity contribution in [3.63, 3.8) is 0 Å². The number of hydrogen-bond donors (Lipinski definition) is 0. The number of anilines is 1. The molecule has 0 fully saturated rings. The molecule has 1 radical (unpaired) electrons. The van der Waals surface area contributed by atoms with Gasteiger partial charge in [0, 0.05) is 11.3 Å². The van der Waals surface area contributed by atoms with E-state index in [-0.39, 0.29) is 0 Å². The molecule has 129 valence electrons. The van der Waals surface area contributed by atoms with E-state index in [2.05, 4.69) is 29.1 Å². The molecule has 0 bridgehead atoms. The summed E-state index contributed by atoms with van der Waals surface area (Å²) in [6.45, 7) is 8.34. The van der Waals surface area contributed by atoms with Crippen LogP contribution >= 0.6 is 0 Å². The average Bonchev–Trinajstić information content (AvgIpc) is 2.52. The molecule has 0 saturated heterocycles. The molecule has 1 atom stereocenters. The topological polar surface area (TPSA) is 94.0 Å². The van der Waals surface area contributed by atoms with Crippen LogP contribution in [0.3, 0.4) is 0 Å². The van der Waals surface area contributed by atoms with Crippen LogP contribution in [0.1, 0.15) is 22.9 Å². The zero-order valence-electron chi connectivity index (χ0n) is 14.4. The minimum Gasteiger partial charge on any atom is -0.376 e. The minimum absolute atomic E-state index is 0.428. The number of aryl methyl sites for hydroxylation is 3. The van der Waals surface area contributed by atoms with Crippen LogP contribution in [0.5, 0.6) is 0 Å². The minimum atomic E-state index is -1.47. The van der Waals surface area contributed by atoms with Crippen molar-refractivity contribution >= 4 is 23.6 Å². The highest BCUT2D eigenvalue weighted by Crippen LogP contribution is 2.05. The zero-order chi connectivity index (χ0) is 18.3. The highest BCUT2D eigenvalue weighted by atomic mass is 32.2. The van der Waals surface area contributed by atoms with Gasteiger partial charge in [0.1, 0.15) is 28.9 Å². The first-order valence-electron chi connectivity index (χ1n) is 6.90. The van der Waals surface area contributed by atoms with E-state index in [1.54, 1.807) is 39.6 Å². The number of rotatable bonds is 4. The van der Waals surface area contributed by atoms with Crippen LogP contribution in [0, 0.1) is 33.6 Å². The molecular weight excluding hydrogens is 334 g/mol. The van der Waals surface area contributed by atoms with Gasteiger partial charge in [0.15, 0.2) is 0 Å². The lowest BCUT2D eigenvalue weighted by Gasteiger charge is -2.14. The van der Waals surface area contributed by atoms with Gasteiger partial charge in [-0.3, -0.25) is 0 Å². The van der Waals surface area contributed by atoms with Crippen molar-refractivity contribution < 1.29 is 12.8 Å². The summed E-state index contributed by atoms with van der Waals surface area (Å²) >= 11 is 0. The molecule has 0 aromatic carbocycles. The third-order valence-corrected chi connectivity index (χ3v) is 3.66. The first-order valence-corrected chi connectivity index (χ1v) is 8.04. The van der Waals surface area contributed by atoms with E-state index in [1.807, 2.05) is 0 Å². The van der Waals surface area contributed by atoms with Crippen molar-refractivity contribution in [2.45, 2.75) is 27.7 Å². The molecule has 2 aromatic heterocycles. The van der Waals surface area contributed by atoms with Crippen LogP contribution in [-0.2, 0) is 15.1 Å². The predicted octanol–water partition coefficient (Wildman–Crippen LogP) is 1.00. The van der Waals surface area contributed by atoms with Crippen LogP contribution in [0.25, 0.3) is 0 Å². The van der Waals surface area contributed by atoms with Crippen LogP contribution in [0.15, 0.2) is 6.33 Å². The van der Waals surface area contributed by atoms with Crippen molar-refractivity contribution in [3.8, 4) is 0 Å². The van der Waals surface area contributed by atoms with Crippen molar-refractivity contribution in [1.82, 2.24) is 24.9 Å². The Morgan fingerprint density at radius 2 is 1.71 bits per heavy atom. The molecule has 0 N–H and O–H groups in total. The Balaban J connectivity index is 0.000000272. The van der Waals surface area contributed by atoms with Gasteiger partial charge in [-0.05, 0) is 34.7 Å². The molecule has 0 aliphatic rings. The van der Waals surface area contributed by atoms with Gasteiger partial charge in [-0.15, -0.1) is 0 Å². The second-order valence-corrected chi connectivity index (χ2v) is 5.81. The molecule has 11 heteroatoms. The van der Waals surface area contributed by atoms with Crippen LogP contribution in [-0.4, -0.2) is 50.0 Å². The Kier molecular flexibility index (Phi) is 7.79. The Morgan fingerprint density at radius 1 is 1.12 bits per heavy atom. The number of halogens is 1. The van der Waals surface area contributed by atoms with E-state index in [4.69, 9.17) is 0 Å². The third kappa shape index (κ3) is 6.24. The van der Waals surface area contributed by atoms with E-state index in [1.165, 1.54) is 20.1 Å². The highest BCUT2D eigenvalue weighted by Gasteiger charge is 2.13. The fourth-order valence-corrected chi connectivity index (χ4v) is 1.92. The van der Waals surface area contributed by atoms with E-state index < -0.39 is 16.9 Å². The van der Waals surface area contributed by atoms with Gasteiger partial charge in [0.2, 0.25) is 11.9 Å². The molecule has 1 unspecified atom stereocenters. The second kappa shape index (κ2) is 9.33. The summed E-state index contributed by atoms with van der Waals surface area (Å²) in [5, 5.41) is 0. The maximum Gasteiger partial charge on any atom is 0.411 e. The quantitative estimate of drug-likeness (QED) is 0.594. The molecule has 24 heavy (non-hydrogen) atoms. The lowest BCUT2D eigenvalue weighted by Crippen LogP contribution is -2.29. The molecule has 0 saturated carbocycles. The molecular formula is C13H19BFN6O2S. The van der Waals surface area contributed by atoms with Gasteiger partial charge in [-0.1, -0.05) is 0 Å². The normalized spacial score (nSPS) is 11.3. The summed E-state index contributed by atoms with van der Waals surface area (Å²) in [5.41, 5.74) is 1.22. The fourth-order valence-electron chi connectivity index (χ4n) is 1.48. The van der Waals surface area contributed by atoms with Gasteiger partial charge >= 0.3 is 6.69 Å². The van der Waals surface area contributed by atoms with Gasteiger partial charge in [-0.2, -0.15) is 14.4 Å². The number of aromatic nitrogens is 5. The van der Waals surface area contributed by atoms with E-state index in [9.17, 15) is 8.60 Å². The summed E-state index contributed by atoms with van der Waals surface area (Å²) in [5.74, 6) is 1.27. The average molecular weight is 353 g/mol. The van der Waals surface area contributed by atoms with E-state index in [0.717, 1.165) is 0 Å². The van der Waals surface area contributed by atoms with Crippen LogP contribution in [0.2, 0.25) is 0 Å². The maximum absolute atomic E-state index is 12.4. The van der Waals surface area contributed by atoms with Crippen molar-refractivity contribution in [3.05, 3.63) is 35.2 Å². The summed E-state index contributed by atoms with van der Waals surface area (Å²) < 4.78 is 28.1. The second-order valence-electron chi connectivity index (χ2n) is 4.75. The van der Waals surface area contributed by atoms with Gasteiger partial charge in [0.25, 0.3) is 0 Å². The molecule has 8 nitrogen and oxygen atoms in total. The summed E-state index contributed by atoms with van der Waals surface area (Å²) in [6, 6.07) is 0. The van der Waals surface area contributed by atoms with Crippen molar-refractivity contribution in [1.29, 1.82) is 0 Å². The van der Waals surface area contributed by atoms with Gasteiger partial charge in [-0.25, -0.2) is 19.2 Å². The standard InChI is InChI=1S/C7H12BN4O2S.C6H7FN2/c1-5-9-6(2)11-7(10-5)12(3)8-15(13)14-4;1-4-5(2)8-3-9-6(4)7/h1-4H3;3H,1-2H3. The lowest BCUT2D eigenvalue weighted by molar-refractivity contribution is 0.456. The Bertz CT molecular complexity index is 680. The highest BCUT2D eigenvalue weighted by molar-refractivity contribution is 8.06. The fraction of sp³-hybridized carbons (Fsp3) is 0.462. The third-order valence-electron chi connectivity index (χ3n) is 2.85. The first kappa shape index (κ1) is 20.0. The number of hydrogen-bond acceptors (Lipinski definition) is 8. The zero-order valence-corrected chi connectivity index (χ0v) is 15.3. The molecule has 0 amide bonds. The first-order chi connectivity index (χ1) is 11.2. The smallest absolute Gasteiger partial charge is 0.376 e. The van der Waals surface area contributed by atoms with Gasteiger partial charge < -0.3 is 8.99 Å². The number of nitrogens with zero attached hydrogens (tertiary/aromatic N) is 6. The Labute approximate surface area is 143 Å². The summed E-state index contributed by atoms with van der Waals surface area (Å²) in [6.07, 6.45) is 1.22. The van der Waals surface area contributed by atoms with Crippen molar-refractivity contribution in [2.75, 3.05) is 19.0 Å². The predicted molar refractivity (Wildman–Crippen MR) is 90.1 cm³/mol. The molecule has 0 aliphatic heterocycles. The lowest BCUT2D eigenvalue weighted by atomic mass is 10.3. The molecule has 2 heterocycles. The van der Waals surface area contributed by atoms with Crippen molar-refractivity contribution in [2.24, 2.45) is 0 Å². The Morgan fingerprint density at radius 3 is 2.17 bits per heavy atom. The summed E-state index contributed by atoms with van der Waals surface area (Å²) in [7, 11) is 1.59. The Hall–Kier alpha value is -2.01. The molecule has 2 aromatic rings. The molecule has 0 spiro atoms. The largest absolute Gasteiger partial charge is 0.411 e. The maximum atomic E-state index is 12.4. The molecule has 2 rings (SSSR count). The van der Waals surface area contributed by atoms with E-state index in [0.29, 0.717) is 28.9 Å². The molecule has 0 aliphatic carbocycles. The van der Waals surface area contributed by atoms with E-state index >= 15 is 0 Å². The van der Waals surface area contributed by atoms with Gasteiger partial charge in [0.05, 0.1) is 7.11 Å². The SMILES string of the molecule is COS(=O)[B]N(C)c1nc(C)nc(C)n1.Cc1ncnc(F)c1C.